The van der Waals surface area contributed by atoms with E-state index < -0.39 is 44.7 Å². The molecule has 1 aromatic heterocycles. The Morgan fingerprint density at radius 2 is 1.79 bits per heavy atom. The molecule has 16 heteroatoms. The summed E-state index contributed by atoms with van der Waals surface area (Å²) in [4.78, 5) is 71.9. The molecule has 1 heterocycles. The van der Waals surface area contributed by atoms with Crippen molar-refractivity contribution in [1.82, 2.24) is 15.2 Å². The molecular weight excluding hydrogens is 610 g/mol. The largest absolute Gasteiger partial charge is 0.446 e. The fraction of sp³-hybridized carbons (Fsp3) is 0.577. The molecule has 2 amide bonds. The first-order valence-corrected chi connectivity index (χ1v) is 17.6. The summed E-state index contributed by atoms with van der Waals surface area (Å²) in [7, 11) is -10.7. The van der Waals surface area contributed by atoms with E-state index in [0.29, 0.717) is 28.0 Å². The second kappa shape index (κ2) is 14.6. The summed E-state index contributed by atoms with van der Waals surface area (Å²) in [6.07, 6.45) is 2.33. The zero-order valence-corrected chi connectivity index (χ0v) is 26.3. The number of hydrogen-bond donors (Lipinski definition) is 5. The van der Waals surface area contributed by atoms with Gasteiger partial charge in [-0.1, -0.05) is 25.4 Å². The normalized spacial score (nSPS) is 18.4. The van der Waals surface area contributed by atoms with Crippen LogP contribution in [-0.4, -0.2) is 78.8 Å². The number of benzene rings is 1. The Morgan fingerprint density at radius 3 is 2.40 bits per heavy atom. The van der Waals surface area contributed by atoms with E-state index in [4.69, 9.17) is 16.3 Å². The second-order valence-electron chi connectivity index (χ2n) is 10.5. The predicted molar refractivity (Wildman–Crippen MR) is 159 cm³/mol. The average molecular weight is 649 g/mol. The highest BCUT2D eigenvalue weighted by Crippen LogP contribution is 2.58. The molecule has 1 fully saturated rings. The van der Waals surface area contributed by atoms with Crippen LogP contribution in [0.2, 0.25) is 5.02 Å². The van der Waals surface area contributed by atoms with Gasteiger partial charge >= 0.3 is 21.3 Å². The molecule has 42 heavy (non-hydrogen) atoms. The van der Waals surface area contributed by atoms with Gasteiger partial charge in [-0.2, -0.15) is 0 Å². The summed E-state index contributed by atoms with van der Waals surface area (Å²) in [5.41, 5.74) is -1.44. The van der Waals surface area contributed by atoms with Crippen molar-refractivity contribution in [2.24, 2.45) is 5.92 Å². The lowest BCUT2D eigenvalue weighted by Gasteiger charge is -2.31. The van der Waals surface area contributed by atoms with Gasteiger partial charge in [-0.15, -0.1) is 0 Å². The Morgan fingerprint density at radius 1 is 1.12 bits per heavy atom. The van der Waals surface area contributed by atoms with Gasteiger partial charge in [0.25, 0.3) is 0 Å². The maximum Gasteiger partial charge on any atom is 0.414 e. The highest BCUT2D eigenvalue weighted by molar-refractivity contribution is 7.70. The molecule has 13 nitrogen and oxygen atoms in total. The van der Waals surface area contributed by atoms with E-state index in [2.05, 4.69) is 23.7 Å². The van der Waals surface area contributed by atoms with Crippen molar-refractivity contribution >= 4 is 55.4 Å². The lowest BCUT2D eigenvalue weighted by atomic mass is 10.1. The van der Waals surface area contributed by atoms with Gasteiger partial charge < -0.3 is 34.5 Å². The highest BCUT2D eigenvalue weighted by atomic mass is 35.5. The van der Waals surface area contributed by atoms with Gasteiger partial charge in [0, 0.05) is 28.6 Å². The molecule has 1 aliphatic carbocycles. The summed E-state index contributed by atoms with van der Waals surface area (Å²) < 4.78 is 29.0. The number of anilines is 1. The van der Waals surface area contributed by atoms with E-state index in [-0.39, 0.29) is 25.3 Å². The van der Waals surface area contributed by atoms with Crippen LogP contribution in [0.25, 0.3) is 10.9 Å². The standard InChI is InChI=1S/C26H39ClN4O9P2/c1-4-30(5-2)14-6-7-17(3)31(23-12-13-28-22-16-19(27)9-11-21(22)23)26(33)40-20-10-8-18(15-20)24(32)29-25(41(34,35)36)42(37,38)39/h9,11-13,16-18,20,25H,4-8,10,14-15H2,1-3H3,(H,29,32)(H2,34,35,36)(H2,37,38,39). The second-order valence-corrected chi connectivity index (χ2v) is 14.7. The predicted octanol–water partition coefficient (Wildman–Crippen LogP) is 4.27. The number of carbonyl (C=O) groups is 2. The number of fused-ring (bicyclic) bond motifs is 1. The fourth-order valence-electron chi connectivity index (χ4n) is 5.21. The lowest BCUT2D eigenvalue weighted by Crippen LogP contribution is -2.41. The number of carbonyl (C=O) groups excluding carboxylic acids is 2. The molecule has 0 bridgehead atoms. The van der Waals surface area contributed by atoms with Crippen molar-refractivity contribution in [1.29, 1.82) is 0 Å². The van der Waals surface area contributed by atoms with Crippen LogP contribution in [0.3, 0.4) is 0 Å². The Bertz CT molecular complexity index is 1330. The molecule has 5 N–H and O–H groups in total. The average Bonchev–Trinajstić information content (AvgIpc) is 3.37. The van der Waals surface area contributed by atoms with Crippen LogP contribution in [0, 0.1) is 5.92 Å². The summed E-state index contributed by atoms with van der Waals surface area (Å²) in [6.45, 7) is 8.84. The zero-order valence-electron chi connectivity index (χ0n) is 23.8. The number of ether oxygens (including phenoxy) is 1. The smallest absolute Gasteiger partial charge is 0.414 e. The van der Waals surface area contributed by atoms with Crippen LogP contribution in [0.15, 0.2) is 30.5 Å². The molecule has 3 unspecified atom stereocenters. The molecule has 0 aliphatic heterocycles. The molecule has 3 rings (SSSR count). The Labute approximate surface area is 249 Å². The van der Waals surface area contributed by atoms with Gasteiger partial charge in [-0.3, -0.25) is 23.8 Å². The Balaban J connectivity index is 1.78. The van der Waals surface area contributed by atoms with Crippen molar-refractivity contribution in [2.45, 2.75) is 70.5 Å². The Hall–Kier alpha value is -2.08. The molecule has 0 spiro atoms. The van der Waals surface area contributed by atoms with Crippen molar-refractivity contribution in [2.75, 3.05) is 24.5 Å². The van der Waals surface area contributed by atoms with Crippen LogP contribution in [0.5, 0.6) is 0 Å². The number of rotatable bonds is 13. The maximum atomic E-state index is 13.7. The summed E-state index contributed by atoms with van der Waals surface area (Å²) >= 11 is 6.17. The molecule has 234 valence electrons. The molecule has 0 radical (unpaired) electrons. The van der Waals surface area contributed by atoms with Crippen LogP contribution in [0.1, 0.15) is 52.9 Å². The van der Waals surface area contributed by atoms with Gasteiger partial charge in [-0.05, 0) is 82.9 Å². The summed E-state index contributed by atoms with van der Waals surface area (Å²) in [5, 5.41) is 3.02. The SMILES string of the molecule is CCN(CC)CCCC(C)N(C(=O)OC1CCC(C(=O)NC(P(=O)(O)O)P(=O)(O)O)C1)c1ccnc2cc(Cl)ccc12. The summed E-state index contributed by atoms with van der Waals surface area (Å²) in [5.74, 6) is -1.78. The number of halogens is 1. The number of pyridine rings is 1. The van der Waals surface area contributed by atoms with E-state index in [1.54, 1.807) is 35.4 Å². The van der Waals surface area contributed by atoms with Gasteiger partial charge in [0.05, 0.1) is 11.2 Å². The van der Waals surface area contributed by atoms with Crippen molar-refractivity contribution in [3.8, 4) is 0 Å². The first-order valence-electron chi connectivity index (χ1n) is 13.8. The van der Waals surface area contributed by atoms with E-state index in [9.17, 15) is 38.3 Å². The van der Waals surface area contributed by atoms with Crippen LogP contribution >= 0.6 is 26.8 Å². The first-order chi connectivity index (χ1) is 19.6. The number of nitrogens with one attached hydrogen (secondary N) is 1. The molecular formula is C26H39ClN4O9P2. The number of nitrogens with zero attached hydrogens (tertiary/aromatic N) is 3. The van der Waals surface area contributed by atoms with Gasteiger partial charge in [0.15, 0.2) is 0 Å². The molecule has 1 saturated carbocycles. The van der Waals surface area contributed by atoms with Crippen LogP contribution in [0.4, 0.5) is 10.5 Å². The van der Waals surface area contributed by atoms with Gasteiger partial charge in [-0.25, -0.2) is 4.79 Å². The monoisotopic (exact) mass is 648 g/mol. The molecule has 1 aromatic carbocycles. The van der Waals surface area contributed by atoms with Crippen LogP contribution in [-0.2, 0) is 18.7 Å². The van der Waals surface area contributed by atoms with Crippen LogP contribution < -0.4 is 10.2 Å². The number of hydrogen-bond acceptors (Lipinski definition) is 7. The number of aromatic nitrogens is 1. The third-order valence-corrected chi connectivity index (χ3v) is 11.1. The third-order valence-electron chi connectivity index (χ3n) is 7.50. The lowest BCUT2D eigenvalue weighted by molar-refractivity contribution is -0.125. The highest BCUT2D eigenvalue weighted by Gasteiger charge is 2.46. The fourth-order valence-corrected chi connectivity index (χ4v) is 7.53. The van der Waals surface area contributed by atoms with Gasteiger partial charge in [0.1, 0.15) is 6.10 Å². The first kappa shape index (κ1) is 34.4. The maximum absolute atomic E-state index is 13.7. The zero-order chi connectivity index (χ0) is 31.2. The molecule has 1 aliphatic rings. The Kier molecular flexibility index (Phi) is 12.0. The topological polar surface area (TPSA) is 190 Å². The minimum absolute atomic E-state index is 0.0312. The van der Waals surface area contributed by atoms with Gasteiger partial charge in [0.2, 0.25) is 11.4 Å². The van der Waals surface area contributed by atoms with Crippen molar-refractivity contribution < 1.29 is 43.0 Å². The van der Waals surface area contributed by atoms with E-state index in [1.165, 1.54) is 0 Å². The van der Waals surface area contributed by atoms with E-state index in [0.717, 1.165) is 26.1 Å². The minimum Gasteiger partial charge on any atom is -0.446 e. The molecule has 3 atom stereocenters. The van der Waals surface area contributed by atoms with E-state index >= 15 is 0 Å². The molecule has 2 aromatic rings. The van der Waals surface area contributed by atoms with Crippen molar-refractivity contribution in [3.63, 3.8) is 0 Å². The minimum atomic E-state index is -5.33. The van der Waals surface area contributed by atoms with Crippen molar-refractivity contribution in [3.05, 3.63) is 35.5 Å². The number of amides is 2. The summed E-state index contributed by atoms with van der Waals surface area (Å²) in [6, 6.07) is 6.68. The third kappa shape index (κ3) is 8.97. The van der Waals surface area contributed by atoms with E-state index in [1.807, 2.05) is 12.2 Å². The molecule has 0 saturated heterocycles. The quantitative estimate of drug-likeness (QED) is 0.195.